The summed E-state index contributed by atoms with van der Waals surface area (Å²) in [6.45, 7) is 5.51. The summed E-state index contributed by atoms with van der Waals surface area (Å²) in [6, 6.07) is 0. The Balaban J connectivity index is 2.22. The molecule has 3 nitrogen and oxygen atoms in total. The van der Waals surface area contributed by atoms with E-state index in [2.05, 4.69) is 35.0 Å². The summed E-state index contributed by atoms with van der Waals surface area (Å²) in [5, 5.41) is 3.37. The molecule has 0 bridgehead atoms. The first-order valence-corrected chi connectivity index (χ1v) is 8.00. The van der Waals surface area contributed by atoms with Crippen LogP contribution in [0.4, 0.5) is 0 Å². The molecule has 0 aliphatic heterocycles. The van der Waals surface area contributed by atoms with Crippen LogP contribution in [0.15, 0.2) is 12.5 Å². The number of nitrogens with one attached hydrogen (secondary N) is 1. The third kappa shape index (κ3) is 2.59. The molecule has 18 heavy (non-hydrogen) atoms. The maximum absolute atomic E-state index is 4.36. The van der Waals surface area contributed by atoms with Crippen LogP contribution >= 0.6 is 11.8 Å². The number of rotatable bonds is 5. The number of thioether (sulfide) groups is 1. The third-order valence-electron chi connectivity index (χ3n) is 4.38. The third-order valence-corrected chi connectivity index (χ3v) is 5.79. The predicted molar refractivity (Wildman–Crippen MR) is 79.0 cm³/mol. The molecule has 102 valence electrons. The van der Waals surface area contributed by atoms with E-state index in [1.54, 1.807) is 0 Å². The van der Waals surface area contributed by atoms with Crippen molar-refractivity contribution in [2.75, 3.05) is 13.3 Å². The summed E-state index contributed by atoms with van der Waals surface area (Å²) in [7, 11) is 2.01. The molecule has 1 aromatic heterocycles. The molecule has 0 saturated heterocycles. The van der Waals surface area contributed by atoms with Crippen LogP contribution < -0.4 is 5.32 Å². The molecule has 0 unspecified atom stereocenters. The van der Waals surface area contributed by atoms with E-state index in [0.29, 0.717) is 4.75 Å². The fourth-order valence-electron chi connectivity index (χ4n) is 2.85. The molecule has 0 atom stereocenters. The highest BCUT2D eigenvalue weighted by Crippen LogP contribution is 2.42. The minimum Gasteiger partial charge on any atom is -0.332 e. The SMILES string of the molecule is CNC(C)(C)c1cncn1CC1(SC)CCCC1. The topological polar surface area (TPSA) is 29.9 Å². The van der Waals surface area contributed by atoms with Crippen molar-refractivity contribution in [3.63, 3.8) is 0 Å². The number of hydrogen-bond acceptors (Lipinski definition) is 3. The first-order chi connectivity index (χ1) is 8.53. The second kappa shape index (κ2) is 5.25. The zero-order valence-electron chi connectivity index (χ0n) is 12.0. The van der Waals surface area contributed by atoms with Gasteiger partial charge in [0.1, 0.15) is 0 Å². The summed E-state index contributed by atoms with van der Waals surface area (Å²) in [5.41, 5.74) is 1.26. The molecular weight excluding hydrogens is 242 g/mol. The van der Waals surface area contributed by atoms with Gasteiger partial charge in [-0.15, -0.1) is 0 Å². The second-order valence-corrected chi connectivity index (χ2v) is 7.15. The summed E-state index contributed by atoms with van der Waals surface area (Å²) >= 11 is 2.04. The van der Waals surface area contributed by atoms with E-state index in [0.717, 1.165) is 6.54 Å². The lowest BCUT2D eigenvalue weighted by Gasteiger charge is -2.31. The van der Waals surface area contributed by atoms with E-state index >= 15 is 0 Å². The average Bonchev–Trinajstić information content (AvgIpc) is 2.99. The fourth-order valence-corrected chi connectivity index (χ4v) is 3.82. The Hall–Kier alpha value is -0.480. The van der Waals surface area contributed by atoms with Crippen molar-refractivity contribution >= 4 is 11.8 Å². The van der Waals surface area contributed by atoms with Gasteiger partial charge in [0.2, 0.25) is 0 Å². The standard InChI is InChI=1S/C14H25N3S/c1-13(2,15-3)12-9-16-11-17(12)10-14(18-4)7-5-6-8-14/h9,11,15H,5-8,10H2,1-4H3. The predicted octanol–water partition coefficient (Wildman–Crippen LogP) is 3.01. The molecule has 1 fully saturated rings. The van der Waals surface area contributed by atoms with Crippen molar-refractivity contribution in [2.24, 2.45) is 0 Å². The highest BCUT2D eigenvalue weighted by molar-refractivity contribution is 8.00. The Morgan fingerprint density at radius 2 is 2.11 bits per heavy atom. The van der Waals surface area contributed by atoms with Crippen molar-refractivity contribution in [2.45, 2.75) is 56.4 Å². The van der Waals surface area contributed by atoms with E-state index in [1.165, 1.54) is 31.4 Å². The van der Waals surface area contributed by atoms with Gasteiger partial charge >= 0.3 is 0 Å². The molecule has 0 amide bonds. The highest BCUT2D eigenvalue weighted by Gasteiger charge is 2.35. The molecule has 0 aromatic carbocycles. The molecule has 0 radical (unpaired) electrons. The number of aromatic nitrogens is 2. The maximum Gasteiger partial charge on any atom is 0.0949 e. The molecule has 1 aliphatic carbocycles. The van der Waals surface area contributed by atoms with Gasteiger partial charge in [-0.05, 0) is 40.0 Å². The van der Waals surface area contributed by atoms with E-state index in [-0.39, 0.29) is 5.54 Å². The van der Waals surface area contributed by atoms with Crippen molar-refractivity contribution in [1.82, 2.24) is 14.9 Å². The maximum atomic E-state index is 4.36. The number of imidazole rings is 1. The van der Waals surface area contributed by atoms with Crippen LogP contribution in [0, 0.1) is 0 Å². The van der Waals surface area contributed by atoms with Crippen LogP contribution in [0.1, 0.15) is 45.2 Å². The lowest BCUT2D eigenvalue weighted by atomic mass is 10.0. The lowest BCUT2D eigenvalue weighted by molar-refractivity contribution is 0.391. The molecule has 2 rings (SSSR count). The van der Waals surface area contributed by atoms with Gasteiger partial charge in [-0.25, -0.2) is 4.98 Å². The van der Waals surface area contributed by atoms with Gasteiger partial charge < -0.3 is 9.88 Å². The number of nitrogens with zero attached hydrogens (tertiary/aromatic N) is 2. The lowest BCUT2D eigenvalue weighted by Crippen LogP contribution is -2.37. The van der Waals surface area contributed by atoms with Crippen molar-refractivity contribution < 1.29 is 0 Å². The average molecular weight is 267 g/mol. The van der Waals surface area contributed by atoms with Crippen LogP contribution in [0.25, 0.3) is 0 Å². The molecule has 1 saturated carbocycles. The molecular formula is C14H25N3S. The zero-order chi connectivity index (χ0) is 13.2. The summed E-state index contributed by atoms with van der Waals surface area (Å²) in [5.74, 6) is 0. The first kappa shape index (κ1) is 13.9. The minimum absolute atomic E-state index is 0.0191. The van der Waals surface area contributed by atoms with Gasteiger partial charge in [-0.3, -0.25) is 0 Å². The Morgan fingerprint density at radius 1 is 1.44 bits per heavy atom. The van der Waals surface area contributed by atoms with Crippen LogP contribution in [-0.2, 0) is 12.1 Å². The fraction of sp³-hybridized carbons (Fsp3) is 0.786. The molecule has 1 aromatic rings. The van der Waals surface area contributed by atoms with Gasteiger partial charge in [-0.2, -0.15) is 11.8 Å². The zero-order valence-corrected chi connectivity index (χ0v) is 12.8. The Bertz CT molecular complexity index is 391. The molecule has 0 spiro atoms. The summed E-state index contributed by atoms with van der Waals surface area (Å²) in [6.07, 6.45) is 11.7. The van der Waals surface area contributed by atoms with Crippen LogP contribution in [0.2, 0.25) is 0 Å². The van der Waals surface area contributed by atoms with Crippen molar-refractivity contribution in [3.05, 3.63) is 18.2 Å². The largest absolute Gasteiger partial charge is 0.332 e. The van der Waals surface area contributed by atoms with E-state index < -0.39 is 0 Å². The van der Waals surface area contributed by atoms with Gasteiger partial charge in [0, 0.05) is 17.5 Å². The number of hydrogen-bond donors (Lipinski definition) is 1. The normalized spacial score (nSPS) is 19.3. The van der Waals surface area contributed by atoms with Crippen LogP contribution in [-0.4, -0.2) is 27.6 Å². The van der Waals surface area contributed by atoms with Gasteiger partial charge in [-0.1, -0.05) is 12.8 Å². The van der Waals surface area contributed by atoms with E-state index in [1.807, 2.05) is 31.3 Å². The molecule has 4 heteroatoms. The van der Waals surface area contributed by atoms with Gasteiger partial charge in [0.25, 0.3) is 0 Å². The first-order valence-electron chi connectivity index (χ1n) is 6.78. The van der Waals surface area contributed by atoms with E-state index in [4.69, 9.17) is 0 Å². The van der Waals surface area contributed by atoms with Gasteiger partial charge in [0.15, 0.2) is 0 Å². The molecule has 1 aliphatic rings. The monoisotopic (exact) mass is 267 g/mol. The minimum atomic E-state index is -0.0191. The van der Waals surface area contributed by atoms with Crippen LogP contribution in [0.5, 0.6) is 0 Å². The van der Waals surface area contributed by atoms with Gasteiger partial charge in [0.05, 0.1) is 17.6 Å². The quantitative estimate of drug-likeness (QED) is 0.889. The second-order valence-electron chi connectivity index (χ2n) is 5.88. The Kier molecular flexibility index (Phi) is 4.07. The summed E-state index contributed by atoms with van der Waals surface area (Å²) in [4.78, 5) is 4.36. The molecule has 1 N–H and O–H groups in total. The highest BCUT2D eigenvalue weighted by atomic mass is 32.2. The van der Waals surface area contributed by atoms with Crippen LogP contribution in [0.3, 0.4) is 0 Å². The van der Waals surface area contributed by atoms with E-state index in [9.17, 15) is 0 Å². The smallest absolute Gasteiger partial charge is 0.0949 e. The summed E-state index contributed by atoms with van der Waals surface area (Å²) < 4.78 is 2.78. The Morgan fingerprint density at radius 3 is 2.67 bits per heavy atom. The molecule has 1 heterocycles. The Labute approximate surface area is 115 Å². The van der Waals surface area contributed by atoms with Crippen molar-refractivity contribution in [1.29, 1.82) is 0 Å². The van der Waals surface area contributed by atoms with Crippen molar-refractivity contribution in [3.8, 4) is 0 Å².